The van der Waals surface area contributed by atoms with Gasteiger partial charge in [0, 0.05) is 32.6 Å². The summed E-state index contributed by atoms with van der Waals surface area (Å²) < 4.78 is 1.17. The molecular formula is C14H13Cl2NO2S. The van der Waals surface area contributed by atoms with Gasteiger partial charge in [-0.05, 0) is 42.3 Å². The van der Waals surface area contributed by atoms with Gasteiger partial charge >= 0.3 is 5.97 Å². The lowest BCUT2D eigenvalue weighted by Gasteiger charge is -2.03. The highest BCUT2D eigenvalue weighted by atomic mass is 35.5. The third-order valence-electron chi connectivity index (χ3n) is 3.27. The minimum Gasteiger partial charge on any atom is -0.478 e. The van der Waals surface area contributed by atoms with Gasteiger partial charge in [0.15, 0.2) is 0 Å². The molecule has 0 amide bonds. The van der Waals surface area contributed by atoms with E-state index in [0.29, 0.717) is 0 Å². The van der Waals surface area contributed by atoms with Crippen LogP contribution in [0.5, 0.6) is 0 Å². The molecule has 3 nitrogen and oxygen atoms in total. The van der Waals surface area contributed by atoms with Crippen LogP contribution in [0.2, 0.25) is 5.02 Å². The number of carboxylic acid groups (broad SMARTS) is 1. The molecule has 0 atom stereocenters. The first-order valence-electron chi connectivity index (χ1n) is 6.01. The van der Waals surface area contributed by atoms with Gasteiger partial charge in [-0.15, -0.1) is 23.7 Å². The summed E-state index contributed by atoms with van der Waals surface area (Å²) in [5.41, 5.74) is 2.33. The second-order valence-corrected chi connectivity index (χ2v) is 5.93. The van der Waals surface area contributed by atoms with Crippen LogP contribution in [0.15, 0.2) is 18.2 Å². The Balaban J connectivity index is 0.00000147. The summed E-state index contributed by atoms with van der Waals surface area (Å²) in [6, 6.07) is 3.94. The largest absolute Gasteiger partial charge is 0.478 e. The zero-order valence-corrected chi connectivity index (χ0v) is 12.9. The zero-order chi connectivity index (χ0) is 13.4. The van der Waals surface area contributed by atoms with Crippen LogP contribution in [-0.2, 0) is 17.8 Å². The molecule has 0 radical (unpaired) electrons. The average molecular weight is 330 g/mol. The van der Waals surface area contributed by atoms with Crippen LogP contribution in [0.3, 0.4) is 0 Å². The Morgan fingerprint density at radius 1 is 1.40 bits per heavy atom. The predicted octanol–water partition coefficient (Wildman–Crippen LogP) is 3.72. The van der Waals surface area contributed by atoms with Gasteiger partial charge in [0.25, 0.3) is 0 Å². The number of hydrogen-bond donors (Lipinski definition) is 2. The lowest BCUT2D eigenvalue weighted by molar-refractivity contribution is -0.131. The molecule has 1 aromatic carbocycles. The van der Waals surface area contributed by atoms with Gasteiger partial charge in [-0.25, -0.2) is 4.79 Å². The van der Waals surface area contributed by atoms with E-state index in [4.69, 9.17) is 16.7 Å². The normalized spacial score (nSPS) is 14.2. The van der Waals surface area contributed by atoms with Gasteiger partial charge in [-0.1, -0.05) is 11.6 Å². The minimum atomic E-state index is -0.926. The minimum absolute atomic E-state index is 0. The first-order chi connectivity index (χ1) is 9.16. The van der Waals surface area contributed by atoms with Crippen molar-refractivity contribution in [2.24, 2.45) is 0 Å². The fourth-order valence-corrected chi connectivity index (χ4v) is 3.86. The summed E-state index contributed by atoms with van der Waals surface area (Å²) in [5.74, 6) is -0.926. The molecule has 106 valence electrons. The maximum absolute atomic E-state index is 10.7. The lowest BCUT2D eigenvalue weighted by atomic mass is 10.0. The summed E-state index contributed by atoms with van der Waals surface area (Å²) in [5, 5.41) is 14.1. The molecule has 2 aromatic rings. The molecule has 0 spiro atoms. The van der Waals surface area contributed by atoms with Gasteiger partial charge in [-0.2, -0.15) is 0 Å². The third kappa shape index (κ3) is 2.69. The highest BCUT2D eigenvalue weighted by molar-refractivity contribution is 7.20. The average Bonchev–Trinajstić information content (AvgIpc) is 2.57. The van der Waals surface area contributed by atoms with Crippen LogP contribution < -0.4 is 5.32 Å². The molecular weight excluding hydrogens is 317 g/mol. The van der Waals surface area contributed by atoms with Crippen LogP contribution >= 0.6 is 35.3 Å². The maximum Gasteiger partial charge on any atom is 0.328 e. The van der Waals surface area contributed by atoms with Gasteiger partial charge in [-0.3, -0.25) is 0 Å². The molecule has 6 heteroatoms. The van der Waals surface area contributed by atoms with Crippen LogP contribution in [0, 0.1) is 0 Å². The number of aliphatic carboxylic acids is 1. The van der Waals surface area contributed by atoms with E-state index in [-0.39, 0.29) is 12.4 Å². The molecule has 2 heterocycles. The SMILES string of the molecule is Cl.O=C(O)/C=C/c1sc2ccc(Cl)c3c2c1CNCC3. The second-order valence-electron chi connectivity index (χ2n) is 4.44. The maximum atomic E-state index is 10.7. The van der Waals surface area contributed by atoms with Crippen molar-refractivity contribution in [3.8, 4) is 0 Å². The van der Waals surface area contributed by atoms with Crippen molar-refractivity contribution in [1.29, 1.82) is 0 Å². The van der Waals surface area contributed by atoms with E-state index in [9.17, 15) is 4.79 Å². The van der Waals surface area contributed by atoms with E-state index in [1.165, 1.54) is 21.7 Å². The van der Waals surface area contributed by atoms with Crippen molar-refractivity contribution in [3.05, 3.63) is 39.2 Å². The highest BCUT2D eigenvalue weighted by Crippen LogP contribution is 2.38. The molecule has 1 aliphatic heterocycles. The molecule has 0 saturated heterocycles. The molecule has 1 aromatic heterocycles. The fourth-order valence-electron chi connectivity index (χ4n) is 2.45. The Bertz CT molecular complexity index is 694. The number of benzene rings is 1. The Labute approximate surface area is 131 Å². The summed E-state index contributed by atoms with van der Waals surface area (Å²) in [4.78, 5) is 11.7. The molecule has 2 N–H and O–H groups in total. The summed E-state index contributed by atoms with van der Waals surface area (Å²) in [6.07, 6.45) is 3.77. The van der Waals surface area contributed by atoms with Crippen LogP contribution in [-0.4, -0.2) is 17.6 Å². The number of thiophene rings is 1. The smallest absolute Gasteiger partial charge is 0.328 e. The van der Waals surface area contributed by atoms with Crippen molar-refractivity contribution in [2.75, 3.05) is 6.54 Å². The summed E-state index contributed by atoms with van der Waals surface area (Å²) in [6.45, 7) is 1.65. The van der Waals surface area contributed by atoms with Crippen molar-refractivity contribution in [2.45, 2.75) is 13.0 Å². The summed E-state index contributed by atoms with van der Waals surface area (Å²) >= 11 is 7.90. The molecule has 1 aliphatic rings. The Kier molecular flexibility index (Phi) is 4.70. The zero-order valence-electron chi connectivity index (χ0n) is 10.5. The van der Waals surface area contributed by atoms with E-state index >= 15 is 0 Å². The number of rotatable bonds is 2. The van der Waals surface area contributed by atoms with Crippen LogP contribution in [0.1, 0.15) is 16.0 Å². The molecule has 0 saturated carbocycles. The fraction of sp³-hybridized carbons (Fsp3) is 0.214. The molecule has 0 aliphatic carbocycles. The van der Waals surface area contributed by atoms with Crippen molar-refractivity contribution < 1.29 is 9.90 Å². The second kappa shape index (κ2) is 6.14. The first-order valence-corrected chi connectivity index (χ1v) is 7.21. The van der Waals surface area contributed by atoms with E-state index in [2.05, 4.69) is 5.32 Å². The van der Waals surface area contributed by atoms with Gasteiger partial charge < -0.3 is 10.4 Å². The van der Waals surface area contributed by atoms with Gasteiger partial charge in [0.1, 0.15) is 0 Å². The molecule has 0 fully saturated rings. The van der Waals surface area contributed by atoms with Gasteiger partial charge in [0.05, 0.1) is 0 Å². The van der Waals surface area contributed by atoms with Crippen LogP contribution in [0.4, 0.5) is 0 Å². The Morgan fingerprint density at radius 2 is 2.20 bits per heavy atom. The summed E-state index contributed by atoms with van der Waals surface area (Å²) in [7, 11) is 0. The number of nitrogens with one attached hydrogen (secondary N) is 1. The van der Waals surface area contributed by atoms with E-state index < -0.39 is 5.97 Å². The predicted molar refractivity (Wildman–Crippen MR) is 86.2 cm³/mol. The quantitative estimate of drug-likeness (QED) is 0.825. The molecule has 0 bridgehead atoms. The van der Waals surface area contributed by atoms with Gasteiger partial charge in [0.2, 0.25) is 0 Å². The lowest BCUT2D eigenvalue weighted by Crippen LogP contribution is -2.14. The number of hydrogen-bond acceptors (Lipinski definition) is 3. The van der Waals surface area contributed by atoms with E-state index in [1.54, 1.807) is 17.4 Å². The Hall–Kier alpha value is -1.07. The number of halogens is 2. The van der Waals surface area contributed by atoms with Crippen molar-refractivity contribution in [1.82, 2.24) is 5.32 Å². The van der Waals surface area contributed by atoms with Crippen molar-refractivity contribution >= 4 is 57.5 Å². The first kappa shape index (κ1) is 15.3. The molecule has 20 heavy (non-hydrogen) atoms. The molecule has 0 unspecified atom stereocenters. The topological polar surface area (TPSA) is 49.3 Å². The van der Waals surface area contributed by atoms with Crippen molar-refractivity contribution in [3.63, 3.8) is 0 Å². The third-order valence-corrected chi connectivity index (χ3v) is 4.78. The molecule has 3 rings (SSSR count). The number of carboxylic acids is 1. The number of carbonyl (C=O) groups is 1. The highest BCUT2D eigenvalue weighted by Gasteiger charge is 2.18. The monoisotopic (exact) mass is 329 g/mol. The standard InChI is InChI=1S/C14H12ClNO2S.ClH/c15-10-1-2-12-14-8(10)5-6-16-7-9(14)11(19-12)3-4-13(17)18;/h1-4,16H,5-7H2,(H,17,18);1H/b4-3+;. The van der Waals surface area contributed by atoms with E-state index in [1.807, 2.05) is 12.1 Å². The Morgan fingerprint density at radius 3 is 2.95 bits per heavy atom. The van der Waals surface area contributed by atoms with Crippen LogP contribution in [0.25, 0.3) is 16.2 Å². The van der Waals surface area contributed by atoms with E-state index in [0.717, 1.165) is 35.0 Å².